The van der Waals surface area contributed by atoms with E-state index in [2.05, 4.69) is 0 Å². The minimum absolute atomic E-state index is 0. The molecule has 5 nitrogen and oxygen atoms in total. The Balaban J connectivity index is 0. The Kier molecular flexibility index (Phi) is 4830. The number of hydrogen-bond donors (Lipinski definition) is 0. The predicted octanol–water partition coefficient (Wildman–Crippen LogP) is -13.5. The Labute approximate surface area is 102 Å². The summed E-state index contributed by atoms with van der Waals surface area (Å²) in [6.07, 6.45) is 0. The Bertz CT molecular complexity index is 8.92. The van der Waals surface area contributed by atoms with E-state index in [9.17, 15) is 0 Å². The molecule has 0 aromatic rings. The zero-order chi connectivity index (χ0) is 0. The summed E-state index contributed by atoms with van der Waals surface area (Å²) in [5.41, 5.74) is 0. The van der Waals surface area contributed by atoms with E-state index in [0.717, 1.165) is 0 Å². The van der Waals surface area contributed by atoms with Gasteiger partial charge in [-0.1, -0.05) is 0 Å². The molecule has 0 atom stereocenters. The van der Waals surface area contributed by atoms with Gasteiger partial charge >= 0.3 is 75.4 Å². The van der Waals surface area contributed by atoms with Gasteiger partial charge in [0.2, 0.25) is 0 Å². The molecule has 0 aromatic carbocycles. The summed E-state index contributed by atoms with van der Waals surface area (Å²) in [6, 6.07) is 0. The van der Waals surface area contributed by atoms with Gasteiger partial charge in [0, 0.05) is 0 Å². The van der Waals surface area contributed by atoms with Crippen LogP contribution in [0, 0.1) is 0 Å². The molecule has 9 heteroatoms. The molecule has 0 saturated carbocycles. The molecule has 0 amide bonds. The first kappa shape index (κ1) is 242. The smallest absolute Gasteiger partial charge is 0.870 e. The van der Waals surface area contributed by atoms with Crippen molar-refractivity contribution in [2.75, 3.05) is 0 Å². The van der Waals surface area contributed by atoms with Gasteiger partial charge in [-0.2, -0.15) is 0 Å². The molecule has 0 spiro atoms. The second kappa shape index (κ2) is 179. The zero-order valence-electron chi connectivity index (χ0n) is 6.29. The maximum absolute atomic E-state index is 0. The van der Waals surface area contributed by atoms with Crippen molar-refractivity contribution in [2.24, 2.45) is 0 Å². The van der Waals surface area contributed by atoms with Gasteiger partial charge in [-0.05, 0) is 0 Å². The minimum atomic E-state index is 0. The quantitative estimate of drug-likeness (QED) is 0.287. The van der Waals surface area contributed by atoms with Gasteiger partial charge in [-0.3, -0.25) is 0 Å². The van der Waals surface area contributed by atoms with Gasteiger partial charge in [0.1, 0.15) is 0 Å². The molecule has 0 unspecified atom stereocenters. The Morgan fingerprint density at radius 2 is 0.333 bits per heavy atom. The second-order valence-electron chi connectivity index (χ2n) is 0. The Morgan fingerprint density at radius 3 is 0.333 bits per heavy atom. The molecule has 0 heterocycles. The van der Waals surface area contributed by atoms with Crippen LogP contribution in [0.4, 0.5) is 0 Å². The Hall–Kier alpha value is 2.19. The van der Waals surface area contributed by atoms with Crippen LogP contribution in [0.3, 0.4) is 0 Å². The van der Waals surface area contributed by atoms with Crippen LogP contribution in [0.25, 0.3) is 0 Å². The maximum Gasteiger partial charge on any atom is 1.00 e. The van der Waals surface area contributed by atoms with E-state index in [0.29, 0.717) is 0 Å². The van der Waals surface area contributed by atoms with Crippen molar-refractivity contribution in [3.63, 3.8) is 0 Å². The summed E-state index contributed by atoms with van der Waals surface area (Å²) in [5.74, 6) is 0. The van der Waals surface area contributed by atoms with Gasteiger partial charge in [-0.15, -0.1) is 0 Å². The van der Waals surface area contributed by atoms with Gasteiger partial charge < -0.3 is 27.4 Å². The minimum Gasteiger partial charge on any atom is -0.870 e. The van der Waals surface area contributed by atoms with Crippen molar-refractivity contribution in [3.8, 4) is 0 Å². The first-order chi connectivity index (χ1) is 0. The summed E-state index contributed by atoms with van der Waals surface area (Å²) in [6.45, 7) is 0. The standard InChI is InChI=1S/4Li.5H2O/h;;;;5*1H2/q4*+1;;;;;/p-4. The third kappa shape index (κ3) is 143. The topological polar surface area (TPSA) is 152 Å². The number of hydrogen-bond acceptors (Lipinski definition) is 4. The summed E-state index contributed by atoms with van der Waals surface area (Å²) >= 11 is 0. The number of rotatable bonds is 0. The van der Waals surface area contributed by atoms with Gasteiger partial charge in [0.25, 0.3) is 0 Å². The largest absolute Gasteiger partial charge is 1.00 e. The molecule has 0 aliphatic carbocycles. The molecule has 40 valence electrons. The van der Waals surface area contributed by atoms with Gasteiger partial charge in [-0.25, -0.2) is 0 Å². The molecule has 0 bridgehead atoms. The van der Waals surface area contributed by atoms with Gasteiger partial charge in [0.05, 0.1) is 0 Å². The molecule has 0 fully saturated rings. The summed E-state index contributed by atoms with van der Waals surface area (Å²) in [4.78, 5) is 0. The van der Waals surface area contributed by atoms with E-state index in [-0.39, 0.29) is 103 Å². The van der Waals surface area contributed by atoms with E-state index in [4.69, 9.17) is 0 Å². The van der Waals surface area contributed by atoms with E-state index in [1.54, 1.807) is 0 Å². The van der Waals surface area contributed by atoms with Crippen LogP contribution in [-0.2, 0) is 0 Å². The SMILES string of the molecule is O.[Li+].[Li+].[Li+].[Li+].[OH-].[OH-].[OH-].[OH-]. The van der Waals surface area contributed by atoms with Gasteiger partial charge in [0.15, 0.2) is 0 Å². The van der Waals surface area contributed by atoms with Crippen molar-refractivity contribution in [1.82, 2.24) is 0 Å². The van der Waals surface area contributed by atoms with Crippen molar-refractivity contribution >= 4 is 0 Å². The molecule has 0 saturated heterocycles. The fourth-order valence-electron chi connectivity index (χ4n) is 0. The maximum atomic E-state index is 0. The van der Waals surface area contributed by atoms with E-state index in [1.165, 1.54) is 0 Å². The van der Waals surface area contributed by atoms with Crippen LogP contribution in [0.2, 0.25) is 0 Å². The van der Waals surface area contributed by atoms with Crippen LogP contribution in [-0.4, -0.2) is 27.4 Å². The molecule has 0 aliphatic heterocycles. The second-order valence-corrected chi connectivity index (χ2v) is 0. The van der Waals surface area contributed by atoms with Crippen LogP contribution >= 0.6 is 0 Å². The molecule has 6 N–H and O–H groups in total. The van der Waals surface area contributed by atoms with Crippen LogP contribution in [0.5, 0.6) is 0 Å². The van der Waals surface area contributed by atoms with Crippen LogP contribution in [0.1, 0.15) is 0 Å². The summed E-state index contributed by atoms with van der Waals surface area (Å²) < 4.78 is 0. The third-order valence-corrected chi connectivity index (χ3v) is 0. The zero-order valence-corrected chi connectivity index (χ0v) is 6.29. The predicted molar refractivity (Wildman–Crippen MR) is 11.4 cm³/mol. The van der Waals surface area contributed by atoms with E-state index < -0.39 is 0 Å². The average molecular weight is 114 g/mol. The van der Waals surface area contributed by atoms with Crippen molar-refractivity contribution in [2.45, 2.75) is 0 Å². The first-order valence-corrected chi connectivity index (χ1v) is 0. The molecular weight excluding hydrogens is 108 g/mol. The molecular formula is H6Li4O5. The fraction of sp³-hybridized carbons (Fsp3) is 0. The van der Waals surface area contributed by atoms with Crippen molar-refractivity contribution in [1.29, 1.82) is 0 Å². The van der Waals surface area contributed by atoms with Crippen LogP contribution in [0.15, 0.2) is 0 Å². The molecule has 9 heavy (non-hydrogen) atoms. The fourth-order valence-corrected chi connectivity index (χ4v) is 0. The molecule has 0 aromatic heterocycles. The normalized spacial score (nSPS) is 0. The monoisotopic (exact) mass is 114 g/mol. The summed E-state index contributed by atoms with van der Waals surface area (Å²) in [5, 5.41) is 0. The molecule has 0 aliphatic rings. The van der Waals surface area contributed by atoms with Crippen molar-refractivity contribution < 1.29 is 103 Å². The van der Waals surface area contributed by atoms with Crippen LogP contribution < -0.4 is 75.4 Å². The average Bonchev–Trinajstić information content (AvgIpc) is 0. The van der Waals surface area contributed by atoms with E-state index >= 15 is 0 Å². The first-order valence-electron chi connectivity index (χ1n) is 0. The third-order valence-electron chi connectivity index (χ3n) is 0. The Morgan fingerprint density at radius 1 is 0.333 bits per heavy atom. The molecule has 0 radical (unpaired) electrons. The van der Waals surface area contributed by atoms with E-state index in [1.807, 2.05) is 0 Å². The van der Waals surface area contributed by atoms with Crippen molar-refractivity contribution in [3.05, 3.63) is 0 Å². The summed E-state index contributed by atoms with van der Waals surface area (Å²) in [7, 11) is 0. The molecule has 0 rings (SSSR count).